The summed E-state index contributed by atoms with van der Waals surface area (Å²) in [6.07, 6.45) is 24.7. The van der Waals surface area contributed by atoms with E-state index in [0.717, 1.165) is 22.9 Å². The topological polar surface area (TPSA) is 54.4 Å². The number of nitrogens with zero attached hydrogens (tertiary/aromatic N) is 1. The van der Waals surface area contributed by atoms with Crippen molar-refractivity contribution in [3.8, 4) is 0 Å². The van der Waals surface area contributed by atoms with Crippen LogP contribution in [0.15, 0.2) is 29.2 Å². The molecule has 0 aliphatic rings. The van der Waals surface area contributed by atoms with Crippen LogP contribution in [-0.2, 0) is 16.5 Å². The van der Waals surface area contributed by atoms with Crippen molar-refractivity contribution < 1.29 is 17.5 Å². The maximum absolute atomic E-state index is 11.3. The molecule has 1 rings (SSSR count). The molecule has 0 saturated heterocycles. The second-order valence-corrected chi connectivity index (χ2v) is 12.9. The van der Waals surface area contributed by atoms with Crippen LogP contribution in [0.3, 0.4) is 0 Å². The van der Waals surface area contributed by atoms with Crippen LogP contribution in [0.2, 0.25) is 0 Å². The maximum Gasteiger partial charge on any atom is 0.294 e. The molecule has 0 radical (unpaired) electrons. The summed E-state index contributed by atoms with van der Waals surface area (Å²) in [5.74, 6) is 0. The molecule has 36 heavy (non-hydrogen) atoms. The molecule has 0 aliphatic carbocycles. The van der Waals surface area contributed by atoms with Gasteiger partial charge in [-0.15, -0.1) is 0 Å². The van der Waals surface area contributed by atoms with E-state index in [1.165, 1.54) is 115 Å². The van der Waals surface area contributed by atoms with E-state index in [1.807, 2.05) is 6.07 Å². The van der Waals surface area contributed by atoms with E-state index in [-0.39, 0.29) is 4.90 Å². The summed E-state index contributed by atoms with van der Waals surface area (Å²) in [5, 5.41) is 0. The second-order valence-electron chi connectivity index (χ2n) is 11.5. The molecule has 0 atom stereocenters. The first-order valence-corrected chi connectivity index (χ1v) is 16.4. The Balaban J connectivity index is 0.000000757. The Morgan fingerprint density at radius 2 is 1.00 bits per heavy atom. The fourth-order valence-corrected chi connectivity index (χ4v) is 5.24. The maximum atomic E-state index is 11.3. The molecule has 0 aromatic heterocycles. The zero-order valence-corrected chi connectivity index (χ0v) is 25.4. The third-order valence-corrected chi connectivity index (χ3v) is 7.69. The number of unbranched alkanes of at least 4 members (excludes halogenated alkanes) is 16. The molecular weight excluding hydrogens is 466 g/mol. The number of rotatable bonds is 21. The highest BCUT2D eigenvalue weighted by molar-refractivity contribution is 7.85. The minimum atomic E-state index is -4.10. The van der Waals surface area contributed by atoms with E-state index >= 15 is 0 Å². The molecule has 0 fully saturated rings. The van der Waals surface area contributed by atoms with Crippen LogP contribution in [0.1, 0.15) is 135 Å². The van der Waals surface area contributed by atoms with Gasteiger partial charge in [-0.1, -0.05) is 128 Å². The predicted octanol–water partition coefficient (Wildman–Crippen LogP) is 9.23. The van der Waals surface area contributed by atoms with Gasteiger partial charge >= 0.3 is 0 Å². The van der Waals surface area contributed by atoms with Gasteiger partial charge in [0.1, 0.15) is 0 Å². The molecule has 0 bridgehead atoms. The number of quaternary nitrogens is 1. The van der Waals surface area contributed by atoms with Crippen molar-refractivity contribution in [1.29, 1.82) is 0 Å². The smallest absolute Gasteiger partial charge is 0.294 e. The zero-order chi connectivity index (χ0) is 27.1. The highest BCUT2D eigenvalue weighted by Crippen LogP contribution is 2.18. The Hall–Kier alpha value is -0.910. The fourth-order valence-electron chi connectivity index (χ4n) is 4.48. The van der Waals surface area contributed by atoms with E-state index < -0.39 is 10.1 Å². The average molecular weight is 527 g/mol. The molecule has 4 nitrogen and oxygen atoms in total. The lowest BCUT2D eigenvalue weighted by molar-refractivity contribution is -0.870. The van der Waals surface area contributed by atoms with Gasteiger partial charge in [0.05, 0.1) is 32.6 Å². The third-order valence-electron chi connectivity index (χ3n) is 6.73. The Labute approximate surface area is 225 Å². The number of aryl methyl sites for hydroxylation is 1. The van der Waals surface area contributed by atoms with Crippen LogP contribution in [0.4, 0.5) is 0 Å². The molecule has 0 spiro atoms. The van der Waals surface area contributed by atoms with Crippen molar-refractivity contribution in [2.45, 2.75) is 141 Å². The summed E-state index contributed by atoms with van der Waals surface area (Å²) in [5.41, 5.74) is 0.726. The molecule has 1 aromatic rings. The summed E-state index contributed by atoms with van der Waals surface area (Å²) in [6, 6.07) is 6.73. The van der Waals surface area contributed by atoms with Crippen molar-refractivity contribution >= 4 is 10.1 Å². The summed E-state index contributed by atoms with van der Waals surface area (Å²) in [7, 11) is 2.74. The summed E-state index contributed by atoms with van der Waals surface area (Å²) in [4.78, 5) is 0.0610. The molecule has 0 saturated carbocycles. The lowest BCUT2D eigenvalue weighted by atomic mass is 10.0. The number of hydrogen-bond acceptors (Lipinski definition) is 2. The summed E-state index contributed by atoms with van der Waals surface area (Å²) >= 11 is 0. The SMILES string of the molecule is CCCCCCCCCCCCc1ccccc1S(=O)(=O)O.CCCCCCCCCC[N+](C)(C)C. The van der Waals surface area contributed by atoms with E-state index in [1.54, 1.807) is 12.1 Å². The van der Waals surface area contributed by atoms with Gasteiger partial charge in [0.15, 0.2) is 0 Å². The van der Waals surface area contributed by atoms with Gasteiger partial charge in [-0.25, -0.2) is 0 Å². The Morgan fingerprint density at radius 1 is 0.611 bits per heavy atom. The Kier molecular flexibility index (Phi) is 21.5. The monoisotopic (exact) mass is 526 g/mol. The van der Waals surface area contributed by atoms with Crippen LogP contribution in [-0.4, -0.2) is 45.1 Å². The molecule has 1 N–H and O–H groups in total. The molecule has 0 amide bonds. The average Bonchev–Trinajstić information content (AvgIpc) is 2.81. The van der Waals surface area contributed by atoms with Gasteiger partial charge < -0.3 is 4.48 Å². The first-order valence-electron chi connectivity index (χ1n) is 15.0. The highest BCUT2D eigenvalue weighted by atomic mass is 32.2. The van der Waals surface area contributed by atoms with Crippen molar-refractivity contribution in [2.75, 3.05) is 27.7 Å². The first kappa shape index (κ1) is 35.1. The van der Waals surface area contributed by atoms with Crippen molar-refractivity contribution in [1.82, 2.24) is 0 Å². The van der Waals surface area contributed by atoms with Crippen LogP contribution >= 0.6 is 0 Å². The number of hydrogen-bond donors (Lipinski definition) is 1. The lowest BCUT2D eigenvalue weighted by Gasteiger charge is -2.23. The molecule has 0 aliphatic heterocycles. The largest absolute Gasteiger partial charge is 0.331 e. The predicted molar refractivity (Wildman–Crippen MR) is 157 cm³/mol. The van der Waals surface area contributed by atoms with E-state index in [9.17, 15) is 13.0 Å². The van der Waals surface area contributed by atoms with Gasteiger partial charge in [-0.05, 0) is 37.3 Å². The van der Waals surface area contributed by atoms with E-state index in [2.05, 4.69) is 35.0 Å². The van der Waals surface area contributed by atoms with Gasteiger partial charge in [0.2, 0.25) is 0 Å². The second kappa shape index (κ2) is 22.1. The molecule has 212 valence electrons. The highest BCUT2D eigenvalue weighted by Gasteiger charge is 2.13. The minimum Gasteiger partial charge on any atom is -0.331 e. The summed E-state index contributed by atoms with van der Waals surface area (Å²) < 4.78 is 32.9. The lowest BCUT2D eigenvalue weighted by Crippen LogP contribution is -2.35. The third kappa shape index (κ3) is 22.3. The van der Waals surface area contributed by atoms with Gasteiger partial charge in [-0.3, -0.25) is 4.55 Å². The Morgan fingerprint density at radius 3 is 1.42 bits per heavy atom. The van der Waals surface area contributed by atoms with Crippen LogP contribution in [0.25, 0.3) is 0 Å². The molecule has 0 heterocycles. The number of benzene rings is 1. The Bertz CT molecular complexity index is 726. The van der Waals surface area contributed by atoms with Gasteiger partial charge in [0, 0.05) is 0 Å². The van der Waals surface area contributed by atoms with Gasteiger partial charge in [0.25, 0.3) is 10.1 Å². The van der Waals surface area contributed by atoms with Crippen LogP contribution in [0, 0.1) is 0 Å². The van der Waals surface area contributed by atoms with E-state index in [4.69, 9.17) is 0 Å². The van der Waals surface area contributed by atoms with E-state index in [0.29, 0.717) is 6.42 Å². The molecule has 1 aromatic carbocycles. The first-order chi connectivity index (χ1) is 17.1. The fraction of sp³-hybridized carbons (Fsp3) is 0.806. The minimum absolute atomic E-state index is 0.0610. The molecule has 5 heteroatoms. The quantitative estimate of drug-likeness (QED) is 0.0986. The molecule has 0 unspecified atom stereocenters. The summed E-state index contributed by atoms with van der Waals surface area (Å²) in [6.45, 7) is 5.84. The standard InChI is InChI=1S/C18H30O3S.C13H30N/c1-2-3-4-5-6-7-8-9-10-11-14-17-15-12-13-16-18(17)22(19,20)21;1-5-6-7-8-9-10-11-12-13-14(2,3)4/h12-13,15-16H,2-11,14H2,1H3,(H,19,20,21);5-13H2,1-4H3/q;+1. The van der Waals surface area contributed by atoms with Gasteiger partial charge in [-0.2, -0.15) is 8.42 Å². The molecular formula is C31H60NO3S+. The van der Waals surface area contributed by atoms with Crippen LogP contribution in [0.5, 0.6) is 0 Å². The normalized spacial score (nSPS) is 11.8. The van der Waals surface area contributed by atoms with Crippen molar-refractivity contribution in [3.63, 3.8) is 0 Å². The van der Waals surface area contributed by atoms with Crippen molar-refractivity contribution in [2.24, 2.45) is 0 Å². The van der Waals surface area contributed by atoms with Crippen LogP contribution < -0.4 is 0 Å². The zero-order valence-electron chi connectivity index (χ0n) is 24.6. The van der Waals surface area contributed by atoms with Crippen molar-refractivity contribution in [3.05, 3.63) is 29.8 Å².